The van der Waals surface area contributed by atoms with Crippen LogP contribution in [0.2, 0.25) is 0 Å². The fourth-order valence-corrected chi connectivity index (χ4v) is 5.11. The third-order valence-corrected chi connectivity index (χ3v) is 6.57. The van der Waals surface area contributed by atoms with Crippen LogP contribution in [0.4, 0.5) is 0 Å². The molecule has 3 aliphatic rings. The molecule has 0 aromatic heterocycles. The van der Waals surface area contributed by atoms with E-state index in [9.17, 15) is 0 Å². The van der Waals surface area contributed by atoms with Gasteiger partial charge in [0, 0.05) is 17.5 Å². The van der Waals surface area contributed by atoms with Crippen LogP contribution in [0.25, 0.3) is 0 Å². The van der Waals surface area contributed by atoms with E-state index in [1.165, 1.54) is 51.1 Å². The molecule has 2 bridgehead atoms. The van der Waals surface area contributed by atoms with E-state index in [-0.39, 0.29) is 0 Å². The number of ether oxygens (including phenoxy) is 2. The molecule has 4 rings (SSSR count). The highest BCUT2D eigenvalue weighted by Crippen LogP contribution is 2.42. The van der Waals surface area contributed by atoms with E-state index in [2.05, 4.69) is 18.2 Å². The van der Waals surface area contributed by atoms with Crippen molar-refractivity contribution in [2.75, 3.05) is 46.9 Å². The highest BCUT2D eigenvalue weighted by molar-refractivity contribution is 5.40. The van der Waals surface area contributed by atoms with E-state index < -0.39 is 0 Å². The van der Waals surface area contributed by atoms with Gasteiger partial charge < -0.3 is 19.3 Å². The van der Waals surface area contributed by atoms with Gasteiger partial charge in [-0.15, -0.1) is 0 Å². The van der Waals surface area contributed by atoms with E-state index in [4.69, 9.17) is 9.47 Å². The summed E-state index contributed by atoms with van der Waals surface area (Å²) in [7, 11) is 3.45. The molecule has 2 fully saturated rings. The van der Waals surface area contributed by atoms with Crippen molar-refractivity contribution in [3.05, 3.63) is 35.9 Å². The lowest BCUT2D eigenvalue weighted by Crippen LogP contribution is -3.27. The van der Waals surface area contributed by atoms with E-state index >= 15 is 0 Å². The first kappa shape index (κ1) is 16.9. The van der Waals surface area contributed by atoms with Crippen LogP contribution >= 0.6 is 0 Å². The second kappa shape index (κ2) is 7.38. The van der Waals surface area contributed by atoms with Crippen molar-refractivity contribution in [3.8, 4) is 11.5 Å². The topological polar surface area (TPSA) is 27.3 Å². The molecule has 1 aliphatic heterocycles. The van der Waals surface area contributed by atoms with Crippen LogP contribution < -0.4 is 19.3 Å². The number of nitrogens with one attached hydrogen (secondary N) is 2. The number of rotatable bonds is 6. The fraction of sp³-hybridized carbons (Fsp3) is 0.619. The maximum absolute atomic E-state index is 5.56. The minimum absolute atomic E-state index is 0.866. The average molecular weight is 344 g/mol. The van der Waals surface area contributed by atoms with Crippen LogP contribution in [-0.4, -0.2) is 46.9 Å². The number of quaternary nitrogens is 2. The average Bonchev–Trinajstić information content (AvgIpc) is 3.26. The molecule has 0 amide bonds. The molecule has 2 aliphatic carbocycles. The van der Waals surface area contributed by atoms with Gasteiger partial charge in [-0.2, -0.15) is 0 Å². The summed E-state index contributed by atoms with van der Waals surface area (Å²) >= 11 is 0. The lowest BCUT2D eigenvalue weighted by Gasteiger charge is -2.32. The van der Waals surface area contributed by atoms with E-state index in [1.807, 2.05) is 17.0 Å². The minimum atomic E-state index is 0.866. The van der Waals surface area contributed by atoms with Gasteiger partial charge in [0.2, 0.25) is 0 Å². The summed E-state index contributed by atoms with van der Waals surface area (Å²) in [6.45, 7) is 7.60. The molecular weight excluding hydrogens is 312 g/mol. The monoisotopic (exact) mass is 344 g/mol. The molecule has 3 atom stereocenters. The van der Waals surface area contributed by atoms with Gasteiger partial charge in [0.05, 0.1) is 20.8 Å². The number of hydrogen-bond donors (Lipinski definition) is 2. The molecular formula is C21H32N2O2+2. The van der Waals surface area contributed by atoms with E-state index in [0.717, 1.165) is 35.8 Å². The van der Waals surface area contributed by atoms with Gasteiger partial charge in [0.25, 0.3) is 0 Å². The largest absolute Gasteiger partial charge is 0.497 e. The molecule has 136 valence electrons. The maximum atomic E-state index is 5.56. The Morgan fingerprint density at radius 1 is 0.960 bits per heavy atom. The van der Waals surface area contributed by atoms with Crippen LogP contribution in [0.1, 0.15) is 18.4 Å². The van der Waals surface area contributed by atoms with Crippen LogP contribution in [0.3, 0.4) is 0 Å². The zero-order valence-electron chi connectivity index (χ0n) is 15.6. The van der Waals surface area contributed by atoms with Crippen LogP contribution in [0.5, 0.6) is 11.5 Å². The number of hydrogen-bond acceptors (Lipinski definition) is 2. The predicted octanol–water partition coefficient (Wildman–Crippen LogP) is 0.199. The number of fused-ring (bicyclic) bond motifs is 2. The molecule has 4 heteroatoms. The second-order valence-electron chi connectivity index (χ2n) is 8.10. The molecule has 4 nitrogen and oxygen atoms in total. The first-order valence-electron chi connectivity index (χ1n) is 9.81. The van der Waals surface area contributed by atoms with E-state index in [1.54, 1.807) is 19.1 Å². The molecule has 1 aromatic rings. The third-order valence-electron chi connectivity index (χ3n) is 6.57. The standard InChI is InChI=1S/C21H30N2O2/c1-24-20-6-5-18(21(13-20)25-2)14-22-7-9-23(10-8-22)15-19-12-16-3-4-17(19)11-16/h3-6,13,16-17,19H,7-12,14-15H2,1-2H3/p+2/t16-,17+,19-/m1/s1. The van der Waals surface area contributed by atoms with Crippen molar-refractivity contribution in [1.29, 1.82) is 0 Å². The molecule has 1 aromatic carbocycles. The van der Waals surface area contributed by atoms with Gasteiger partial charge >= 0.3 is 0 Å². The van der Waals surface area contributed by atoms with Gasteiger partial charge in [-0.05, 0) is 36.8 Å². The smallest absolute Gasteiger partial charge is 0.131 e. The number of benzene rings is 1. The molecule has 0 spiro atoms. The Morgan fingerprint density at radius 2 is 1.76 bits per heavy atom. The summed E-state index contributed by atoms with van der Waals surface area (Å²) in [5.74, 6) is 4.57. The maximum Gasteiger partial charge on any atom is 0.131 e. The first-order valence-corrected chi connectivity index (χ1v) is 9.81. The molecule has 1 saturated heterocycles. The SMILES string of the molecule is COc1ccc(C[NH+]2CC[NH+](C[C@H]3C[C@@H]4C=C[C@H]3C4)CC2)c(OC)c1. The fourth-order valence-electron chi connectivity index (χ4n) is 5.11. The Balaban J connectivity index is 1.28. The van der Waals surface area contributed by atoms with Gasteiger partial charge in [-0.3, -0.25) is 0 Å². The molecule has 2 N–H and O–H groups in total. The predicted molar refractivity (Wildman–Crippen MR) is 98.4 cm³/mol. The van der Waals surface area contributed by atoms with Crippen LogP contribution in [-0.2, 0) is 6.54 Å². The van der Waals surface area contributed by atoms with Gasteiger partial charge in [0.1, 0.15) is 44.2 Å². The summed E-state index contributed by atoms with van der Waals surface area (Å²) in [5.41, 5.74) is 1.29. The molecule has 1 saturated carbocycles. The van der Waals surface area contributed by atoms with Crippen molar-refractivity contribution in [3.63, 3.8) is 0 Å². The molecule has 0 unspecified atom stereocenters. The van der Waals surface area contributed by atoms with Gasteiger partial charge in [0.15, 0.2) is 0 Å². The quantitative estimate of drug-likeness (QED) is 0.722. The zero-order valence-corrected chi connectivity index (χ0v) is 15.6. The van der Waals surface area contributed by atoms with Crippen molar-refractivity contribution in [1.82, 2.24) is 0 Å². The second-order valence-corrected chi connectivity index (χ2v) is 8.10. The Bertz CT molecular complexity index is 622. The van der Waals surface area contributed by atoms with Crippen molar-refractivity contribution in [2.45, 2.75) is 19.4 Å². The van der Waals surface area contributed by atoms with Crippen molar-refractivity contribution in [2.24, 2.45) is 17.8 Å². The van der Waals surface area contributed by atoms with Crippen molar-refractivity contribution < 1.29 is 19.3 Å². The van der Waals surface area contributed by atoms with Crippen LogP contribution in [0.15, 0.2) is 30.4 Å². The molecule has 25 heavy (non-hydrogen) atoms. The molecule has 0 radical (unpaired) electrons. The summed E-state index contributed by atoms with van der Waals surface area (Å²) in [6, 6.07) is 6.20. The lowest BCUT2D eigenvalue weighted by molar-refractivity contribution is -1.02. The number of allylic oxidation sites excluding steroid dienone is 2. The number of methoxy groups -OCH3 is 2. The Morgan fingerprint density at radius 3 is 2.40 bits per heavy atom. The summed E-state index contributed by atoms with van der Waals surface area (Å²) in [4.78, 5) is 3.51. The highest BCUT2D eigenvalue weighted by atomic mass is 16.5. The van der Waals surface area contributed by atoms with Crippen LogP contribution in [0, 0.1) is 17.8 Å². The normalized spacial score (nSPS) is 33.6. The summed E-state index contributed by atoms with van der Waals surface area (Å²) in [5, 5.41) is 0. The number of piperazine rings is 1. The highest BCUT2D eigenvalue weighted by Gasteiger charge is 2.38. The zero-order chi connectivity index (χ0) is 17.2. The summed E-state index contributed by atoms with van der Waals surface area (Å²) in [6.07, 6.45) is 7.84. The minimum Gasteiger partial charge on any atom is -0.497 e. The van der Waals surface area contributed by atoms with E-state index in [0.29, 0.717) is 0 Å². The van der Waals surface area contributed by atoms with Gasteiger partial charge in [-0.25, -0.2) is 0 Å². The molecule has 1 heterocycles. The Labute approximate surface area is 151 Å². The Kier molecular flexibility index (Phi) is 5.00. The van der Waals surface area contributed by atoms with Gasteiger partial charge in [-0.1, -0.05) is 12.2 Å². The first-order chi connectivity index (χ1) is 12.2. The third kappa shape index (κ3) is 3.70. The Hall–Kier alpha value is -1.52. The summed E-state index contributed by atoms with van der Waals surface area (Å²) < 4.78 is 10.9. The van der Waals surface area contributed by atoms with Crippen molar-refractivity contribution >= 4 is 0 Å². The lowest BCUT2D eigenvalue weighted by atomic mass is 9.93.